The predicted octanol–water partition coefficient (Wildman–Crippen LogP) is 0.567. The Kier molecular flexibility index (Phi) is 1.10. The van der Waals surface area contributed by atoms with Gasteiger partial charge in [0.1, 0.15) is 0 Å². The van der Waals surface area contributed by atoms with Gasteiger partial charge in [-0.2, -0.15) is 0 Å². The Balaban J connectivity index is 2.63. The van der Waals surface area contributed by atoms with Crippen molar-refractivity contribution in [3.05, 3.63) is 24.3 Å². The van der Waals surface area contributed by atoms with Crippen LogP contribution < -0.4 is 4.46 Å². The van der Waals surface area contributed by atoms with Gasteiger partial charge in [-0.05, 0) is 0 Å². The third-order valence-corrected chi connectivity index (χ3v) is 2.76. The van der Waals surface area contributed by atoms with Gasteiger partial charge in [-0.1, -0.05) is 0 Å². The summed E-state index contributed by atoms with van der Waals surface area (Å²) in [6.45, 7) is 0. The Bertz CT molecular complexity index is 255. The molecule has 0 N–H and O–H groups in total. The van der Waals surface area contributed by atoms with E-state index in [1.807, 2.05) is 18.2 Å². The van der Waals surface area contributed by atoms with Gasteiger partial charge in [0.15, 0.2) is 0 Å². The van der Waals surface area contributed by atoms with Crippen LogP contribution in [-0.2, 0) is 0 Å². The summed E-state index contributed by atoms with van der Waals surface area (Å²) < 4.78 is 1.35. The summed E-state index contributed by atoms with van der Waals surface area (Å²) in [4.78, 5) is 4.08. The van der Waals surface area contributed by atoms with Crippen LogP contribution in [-0.4, -0.2) is 20.1 Å². The van der Waals surface area contributed by atoms with E-state index < -0.39 is 0 Å². The standard InChI is InChI=1S/C7H4NSe/c1-2-4-7-6(3-1)8-5-9-7/h1-4H/q+1. The van der Waals surface area contributed by atoms with Gasteiger partial charge in [-0.15, -0.1) is 0 Å². The van der Waals surface area contributed by atoms with E-state index in [2.05, 4.69) is 16.2 Å². The predicted molar refractivity (Wildman–Crippen MR) is 38.9 cm³/mol. The van der Waals surface area contributed by atoms with Crippen molar-refractivity contribution in [3.63, 3.8) is 0 Å². The zero-order valence-corrected chi connectivity index (χ0v) is 6.38. The van der Waals surface area contributed by atoms with Crippen molar-refractivity contribution < 1.29 is 0 Å². The van der Waals surface area contributed by atoms with E-state index in [1.54, 1.807) is 0 Å². The number of hydrogen-bond donors (Lipinski definition) is 0. The number of nitrogens with zero attached hydrogens (tertiary/aromatic N) is 1. The topological polar surface area (TPSA) is 12.4 Å². The second-order valence-electron chi connectivity index (χ2n) is 1.77. The van der Waals surface area contributed by atoms with Gasteiger partial charge in [-0.3, -0.25) is 0 Å². The average molecular weight is 181 g/mol. The van der Waals surface area contributed by atoms with Crippen LogP contribution in [0.3, 0.4) is 0 Å². The molecule has 1 aliphatic rings. The molecule has 1 aromatic carbocycles. The molecule has 0 bridgehead atoms. The first-order valence-corrected chi connectivity index (χ1v) is 4.40. The van der Waals surface area contributed by atoms with Crippen LogP contribution in [0.4, 0.5) is 5.69 Å². The zero-order chi connectivity index (χ0) is 6.10. The molecule has 0 saturated carbocycles. The molecule has 1 aliphatic heterocycles. The van der Waals surface area contributed by atoms with E-state index in [-0.39, 0.29) is 0 Å². The quantitative estimate of drug-likeness (QED) is 0.409. The van der Waals surface area contributed by atoms with Crippen molar-refractivity contribution in [2.24, 2.45) is 4.99 Å². The van der Waals surface area contributed by atoms with Crippen molar-refractivity contribution in [2.75, 3.05) is 0 Å². The number of aliphatic imine (C=N–C) groups is 1. The summed E-state index contributed by atoms with van der Waals surface area (Å²) in [5.74, 6) is 0. The van der Waals surface area contributed by atoms with Gasteiger partial charge in [0, 0.05) is 0 Å². The molecule has 0 fully saturated rings. The monoisotopic (exact) mass is 182 g/mol. The SMILES string of the molecule is [C+]1=Nc2ccccc2[Se]1. The number of rotatable bonds is 0. The maximum atomic E-state index is 4.08. The first-order valence-electron chi connectivity index (χ1n) is 2.68. The minimum absolute atomic E-state index is 0.386. The van der Waals surface area contributed by atoms with E-state index >= 15 is 0 Å². The molecule has 9 heavy (non-hydrogen) atoms. The Morgan fingerprint density at radius 3 is 3.11 bits per heavy atom. The first-order chi connectivity index (χ1) is 4.47. The van der Waals surface area contributed by atoms with Crippen LogP contribution in [0.5, 0.6) is 0 Å². The van der Waals surface area contributed by atoms with Gasteiger partial charge >= 0.3 is 59.5 Å². The van der Waals surface area contributed by atoms with Gasteiger partial charge in [-0.25, -0.2) is 0 Å². The molecule has 2 rings (SSSR count). The Morgan fingerprint density at radius 2 is 2.22 bits per heavy atom. The molecule has 0 aromatic heterocycles. The fourth-order valence-electron chi connectivity index (χ4n) is 0.757. The van der Waals surface area contributed by atoms with Crippen LogP contribution in [0.15, 0.2) is 29.3 Å². The van der Waals surface area contributed by atoms with Crippen LogP contribution >= 0.6 is 0 Å². The van der Waals surface area contributed by atoms with Crippen molar-refractivity contribution in [1.82, 2.24) is 0 Å². The fraction of sp³-hybridized carbons (Fsp3) is 0. The molecule has 2 heteroatoms. The maximum absolute atomic E-state index is 4.08. The van der Waals surface area contributed by atoms with Gasteiger partial charge in [0.2, 0.25) is 0 Å². The molecule has 42 valence electrons. The summed E-state index contributed by atoms with van der Waals surface area (Å²) in [6.07, 6.45) is 0. The van der Waals surface area contributed by atoms with Crippen LogP contribution in [0.1, 0.15) is 0 Å². The zero-order valence-electron chi connectivity index (χ0n) is 4.66. The second-order valence-corrected chi connectivity index (χ2v) is 3.51. The average Bonchev–Trinajstić information content (AvgIpc) is 2.33. The van der Waals surface area contributed by atoms with Crippen molar-refractivity contribution >= 4 is 30.2 Å². The van der Waals surface area contributed by atoms with Crippen molar-refractivity contribution in [3.8, 4) is 0 Å². The van der Waals surface area contributed by atoms with E-state index in [0.29, 0.717) is 15.0 Å². The first kappa shape index (κ1) is 5.13. The number of hydrogen-bond acceptors (Lipinski definition) is 1. The normalized spacial score (nSPS) is 12.9. The van der Waals surface area contributed by atoms with E-state index in [0.717, 1.165) is 5.69 Å². The van der Waals surface area contributed by atoms with Crippen LogP contribution in [0.25, 0.3) is 0 Å². The van der Waals surface area contributed by atoms with E-state index in [4.69, 9.17) is 0 Å². The molecule has 0 unspecified atom stereocenters. The molecule has 0 amide bonds. The molecule has 1 heterocycles. The molecule has 0 spiro atoms. The molecule has 0 radical (unpaired) electrons. The van der Waals surface area contributed by atoms with Crippen molar-refractivity contribution in [1.29, 1.82) is 0 Å². The Labute approximate surface area is 60.0 Å². The Hall–Kier alpha value is -0.681. The molecule has 0 atom stereocenters. The molecular weight excluding hydrogens is 177 g/mol. The number of benzene rings is 1. The van der Waals surface area contributed by atoms with E-state index in [1.165, 1.54) is 4.46 Å². The second kappa shape index (κ2) is 1.93. The third-order valence-electron chi connectivity index (χ3n) is 1.19. The fourth-order valence-corrected chi connectivity index (χ4v) is 2.03. The summed E-state index contributed by atoms with van der Waals surface area (Å²) in [5, 5.41) is 2.98. The summed E-state index contributed by atoms with van der Waals surface area (Å²) in [5.41, 5.74) is 1.11. The van der Waals surface area contributed by atoms with Gasteiger partial charge < -0.3 is 0 Å². The Morgan fingerprint density at radius 1 is 1.33 bits per heavy atom. The minimum atomic E-state index is 0.386. The van der Waals surface area contributed by atoms with Gasteiger partial charge in [0.05, 0.1) is 0 Å². The molecule has 1 aromatic rings. The molecule has 1 nitrogen and oxygen atoms in total. The molecule has 0 saturated heterocycles. The third kappa shape index (κ3) is 0.778. The summed E-state index contributed by atoms with van der Waals surface area (Å²) >= 11 is 0.386. The number of fused-ring (bicyclic) bond motifs is 1. The number of para-hydroxylation sites is 1. The van der Waals surface area contributed by atoms with Crippen molar-refractivity contribution in [2.45, 2.75) is 0 Å². The van der Waals surface area contributed by atoms with Crippen LogP contribution in [0, 0.1) is 0 Å². The summed E-state index contributed by atoms with van der Waals surface area (Å²) in [7, 11) is 0. The summed E-state index contributed by atoms with van der Waals surface area (Å²) in [6, 6.07) is 8.18. The van der Waals surface area contributed by atoms with E-state index in [9.17, 15) is 0 Å². The van der Waals surface area contributed by atoms with Gasteiger partial charge in [0.25, 0.3) is 0 Å². The van der Waals surface area contributed by atoms with Crippen LogP contribution in [0.2, 0.25) is 0 Å². The molecular formula is C7H4NSe+. The molecule has 0 aliphatic carbocycles.